The number of aliphatic hydroxyl groups is 2. The van der Waals surface area contributed by atoms with Crippen LogP contribution in [0.25, 0.3) is 0 Å². The van der Waals surface area contributed by atoms with Crippen LogP contribution in [-0.4, -0.2) is 40.8 Å². The van der Waals surface area contributed by atoms with Crippen molar-refractivity contribution in [1.82, 2.24) is 0 Å². The minimum atomic E-state index is -0.905. The molecule has 2 N–H and O–H groups in total. The van der Waals surface area contributed by atoms with E-state index in [1.165, 1.54) is 68.9 Å². The highest BCUT2D eigenvalue weighted by Gasteiger charge is 2.52. The highest BCUT2D eigenvalue weighted by molar-refractivity contribution is 5.74. The average molecular weight is 711 g/mol. The van der Waals surface area contributed by atoms with Crippen molar-refractivity contribution >= 4 is 12.3 Å². The highest BCUT2D eigenvalue weighted by atomic mass is 16.5. The van der Waals surface area contributed by atoms with Crippen LogP contribution in [0, 0.1) is 11.3 Å². The zero-order chi connectivity index (χ0) is 38.1. The summed E-state index contributed by atoms with van der Waals surface area (Å²) in [5.41, 5.74) is 4.08. The Morgan fingerprint density at radius 2 is 1.49 bits per heavy atom. The lowest BCUT2D eigenvalue weighted by Crippen LogP contribution is -2.52. The SMILES string of the molecule is CCCC/C=C\CCCCCCCCCC(=O)OCCC[C@@H]1/C(=C(/C)C=O)CC[C@@](C)(O)[C@@]1(C)CC/C=C(\C)[C@H](O)C/C=C(\C)CCC=C(C)C. The van der Waals surface area contributed by atoms with E-state index < -0.39 is 17.1 Å². The summed E-state index contributed by atoms with van der Waals surface area (Å²) >= 11 is 0. The monoisotopic (exact) mass is 711 g/mol. The molecule has 0 bridgehead atoms. The Morgan fingerprint density at radius 1 is 0.843 bits per heavy atom. The number of allylic oxidation sites excluding steroid dienone is 8. The van der Waals surface area contributed by atoms with Gasteiger partial charge in [0.1, 0.15) is 6.29 Å². The van der Waals surface area contributed by atoms with Crippen molar-refractivity contribution in [2.75, 3.05) is 6.61 Å². The van der Waals surface area contributed by atoms with Crippen LogP contribution in [0.2, 0.25) is 0 Å². The van der Waals surface area contributed by atoms with Gasteiger partial charge in [0.05, 0.1) is 18.3 Å². The van der Waals surface area contributed by atoms with E-state index in [1.54, 1.807) is 0 Å². The van der Waals surface area contributed by atoms with Crippen LogP contribution in [-0.2, 0) is 14.3 Å². The van der Waals surface area contributed by atoms with Gasteiger partial charge >= 0.3 is 5.97 Å². The van der Waals surface area contributed by atoms with Gasteiger partial charge in [0.25, 0.3) is 0 Å². The summed E-state index contributed by atoms with van der Waals surface area (Å²) in [4.78, 5) is 24.4. The van der Waals surface area contributed by atoms with Gasteiger partial charge in [0.15, 0.2) is 0 Å². The maximum absolute atomic E-state index is 12.5. The van der Waals surface area contributed by atoms with E-state index in [-0.39, 0.29) is 11.9 Å². The maximum atomic E-state index is 12.5. The Bertz CT molecular complexity index is 1150. The van der Waals surface area contributed by atoms with Gasteiger partial charge in [-0.25, -0.2) is 0 Å². The van der Waals surface area contributed by atoms with Crippen molar-refractivity contribution in [2.45, 2.75) is 202 Å². The van der Waals surface area contributed by atoms with Crippen molar-refractivity contribution in [1.29, 1.82) is 0 Å². The van der Waals surface area contributed by atoms with Crippen LogP contribution in [0.1, 0.15) is 190 Å². The third-order valence-electron chi connectivity index (χ3n) is 11.5. The summed E-state index contributed by atoms with van der Waals surface area (Å²) < 4.78 is 5.65. The standard InChI is InChI=1S/C46H78O5/c1-9-10-11-12-13-14-15-16-17-18-19-20-21-29-44(49)51-35-24-28-42-41(40(6)36-47)32-34-46(8,50)45(42,7)33-23-27-39(5)43(48)31-30-38(4)26-22-25-37(2)3/h12-13,25,27,30,36,42-43,48,50H,9-11,14-24,26,28-29,31-35H2,1-8H3/b13-12-,38-30+,39-27+,41-40-/t42-,43-,45+,46-/m1/s1. The van der Waals surface area contributed by atoms with Crippen LogP contribution in [0.4, 0.5) is 0 Å². The number of carbonyl (C=O) groups excluding carboxylic acids is 2. The Morgan fingerprint density at radius 3 is 2.14 bits per heavy atom. The van der Waals surface area contributed by atoms with Crippen LogP contribution < -0.4 is 0 Å². The predicted octanol–water partition coefficient (Wildman–Crippen LogP) is 12.4. The fourth-order valence-corrected chi connectivity index (χ4v) is 7.53. The average Bonchev–Trinajstić information content (AvgIpc) is 3.08. The van der Waals surface area contributed by atoms with E-state index in [2.05, 4.69) is 65.0 Å². The number of hydrogen-bond acceptors (Lipinski definition) is 5. The van der Waals surface area contributed by atoms with Gasteiger partial charge in [-0.3, -0.25) is 9.59 Å². The quantitative estimate of drug-likeness (QED) is 0.0291. The number of hydrogen-bond donors (Lipinski definition) is 2. The first kappa shape index (κ1) is 46.8. The van der Waals surface area contributed by atoms with E-state index in [4.69, 9.17) is 4.74 Å². The van der Waals surface area contributed by atoms with E-state index in [9.17, 15) is 19.8 Å². The minimum absolute atomic E-state index is 0.00671. The molecule has 51 heavy (non-hydrogen) atoms. The normalized spacial score (nSPS) is 23.0. The number of esters is 1. The molecule has 0 aromatic rings. The van der Waals surface area contributed by atoms with Crippen LogP contribution in [0.3, 0.4) is 0 Å². The van der Waals surface area contributed by atoms with E-state index in [1.807, 2.05) is 20.8 Å². The molecule has 0 aliphatic heterocycles. The van der Waals surface area contributed by atoms with Gasteiger partial charge in [-0.2, -0.15) is 0 Å². The zero-order valence-corrected chi connectivity index (χ0v) is 34.3. The number of carbonyl (C=O) groups is 2. The van der Waals surface area contributed by atoms with Gasteiger partial charge in [0.2, 0.25) is 0 Å². The molecule has 0 aromatic heterocycles. The second kappa shape index (κ2) is 26.5. The summed E-state index contributed by atoms with van der Waals surface area (Å²) in [7, 11) is 0. The lowest BCUT2D eigenvalue weighted by molar-refractivity contribution is -0.144. The third-order valence-corrected chi connectivity index (χ3v) is 11.5. The number of aliphatic hydroxyl groups excluding tert-OH is 1. The molecule has 5 nitrogen and oxygen atoms in total. The van der Waals surface area contributed by atoms with Gasteiger partial charge < -0.3 is 14.9 Å². The second-order valence-corrected chi connectivity index (χ2v) is 16.2. The molecule has 4 atom stereocenters. The Balaban J connectivity index is 2.62. The first-order valence-electron chi connectivity index (χ1n) is 20.6. The van der Waals surface area contributed by atoms with E-state index in [0.717, 1.165) is 68.0 Å². The van der Waals surface area contributed by atoms with Gasteiger partial charge in [-0.15, -0.1) is 0 Å². The number of ether oxygens (including phenoxy) is 1. The van der Waals surface area contributed by atoms with Crippen molar-refractivity contribution in [3.8, 4) is 0 Å². The molecule has 0 unspecified atom stereocenters. The molecule has 0 saturated heterocycles. The molecule has 1 aliphatic rings. The topological polar surface area (TPSA) is 83.8 Å². The van der Waals surface area contributed by atoms with E-state index in [0.29, 0.717) is 38.7 Å². The summed E-state index contributed by atoms with van der Waals surface area (Å²) in [6, 6.07) is 0. The summed E-state index contributed by atoms with van der Waals surface area (Å²) in [6.45, 7) is 16.9. The molecule has 0 amide bonds. The maximum Gasteiger partial charge on any atom is 0.305 e. The molecule has 5 heteroatoms. The fraction of sp³-hybridized carbons (Fsp3) is 0.739. The molecule has 1 saturated carbocycles. The Hall–Kier alpha value is -2.24. The highest BCUT2D eigenvalue weighted by Crippen LogP contribution is 2.55. The lowest BCUT2D eigenvalue weighted by atomic mass is 9.54. The first-order chi connectivity index (χ1) is 24.3. The molecular formula is C46H78O5. The minimum Gasteiger partial charge on any atom is -0.466 e. The number of unbranched alkanes of at least 4 members (excludes halogenated alkanes) is 9. The molecular weight excluding hydrogens is 633 g/mol. The van der Waals surface area contributed by atoms with Crippen molar-refractivity contribution < 1.29 is 24.5 Å². The molecule has 0 aromatic carbocycles. The molecule has 1 rings (SSSR count). The van der Waals surface area contributed by atoms with Gasteiger partial charge in [-0.1, -0.05) is 106 Å². The smallest absolute Gasteiger partial charge is 0.305 e. The lowest BCUT2D eigenvalue weighted by Gasteiger charge is -2.53. The van der Waals surface area contributed by atoms with Gasteiger partial charge in [0, 0.05) is 11.8 Å². The summed E-state index contributed by atoms with van der Waals surface area (Å²) in [5, 5.41) is 22.6. The number of aldehydes is 1. The first-order valence-corrected chi connectivity index (χ1v) is 20.6. The Labute approximate surface area is 314 Å². The molecule has 1 fully saturated rings. The van der Waals surface area contributed by atoms with Crippen molar-refractivity contribution in [3.05, 3.63) is 58.2 Å². The van der Waals surface area contributed by atoms with Gasteiger partial charge in [-0.05, 0) is 142 Å². The third kappa shape index (κ3) is 18.9. The largest absolute Gasteiger partial charge is 0.466 e. The number of rotatable bonds is 27. The van der Waals surface area contributed by atoms with Crippen molar-refractivity contribution in [3.63, 3.8) is 0 Å². The molecule has 0 spiro atoms. The summed E-state index contributed by atoms with van der Waals surface area (Å²) in [5.74, 6) is -0.118. The second-order valence-electron chi connectivity index (χ2n) is 16.2. The zero-order valence-electron chi connectivity index (χ0n) is 34.3. The van der Waals surface area contributed by atoms with E-state index >= 15 is 0 Å². The summed E-state index contributed by atoms with van der Waals surface area (Å²) in [6.07, 6.45) is 32.0. The van der Waals surface area contributed by atoms with Crippen LogP contribution >= 0.6 is 0 Å². The molecule has 292 valence electrons. The molecule has 0 radical (unpaired) electrons. The molecule has 1 aliphatic carbocycles. The Kier molecular flexibility index (Phi) is 24.3. The molecule has 0 heterocycles. The van der Waals surface area contributed by atoms with Crippen molar-refractivity contribution in [2.24, 2.45) is 11.3 Å². The van der Waals surface area contributed by atoms with Crippen LogP contribution in [0.5, 0.6) is 0 Å². The predicted molar refractivity (Wildman–Crippen MR) is 217 cm³/mol. The van der Waals surface area contributed by atoms with Crippen LogP contribution in [0.15, 0.2) is 58.2 Å². The fourth-order valence-electron chi connectivity index (χ4n) is 7.53.